The molecule has 2 atom stereocenters. The van der Waals surface area contributed by atoms with E-state index in [-0.39, 0.29) is 34.5 Å². The number of benzene rings is 2. The summed E-state index contributed by atoms with van der Waals surface area (Å²) < 4.78 is 44.3. The standard InChI is InChI=1S/C24H29ClFN3O4S/c1-16-14-29(17(2)13-28(16)15-18-5-8-20(26)9-6-18)24(30)10-7-19-11-23(33-3)21(25)12-22(19)27-34(4,31)32/h5-12,16-17,27H,13-15H2,1-4H3/b10-7+/t16-,17+/m0/s1. The molecule has 184 valence electrons. The van der Waals surface area contributed by atoms with Gasteiger partial charge in [0.05, 0.1) is 24.1 Å². The number of piperazine rings is 1. The van der Waals surface area contributed by atoms with Crippen LogP contribution in [0.3, 0.4) is 0 Å². The number of amides is 1. The van der Waals surface area contributed by atoms with E-state index in [1.54, 1.807) is 29.2 Å². The van der Waals surface area contributed by atoms with Crippen LogP contribution in [0.2, 0.25) is 5.02 Å². The Bertz CT molecular complexity index is 1170. The summed E-state index contributed by atoms with van der Waals surface area (Å²) in [5.41, 5.74) is 1.72. The quantitative estimate of drug-likeness (QED) is 0.571. The molecule has 0 radical (unpaired) electrons. The van der Waals surface area contributed by atoms with Gasteiger partial charge in [0.2, 0.25) is 15.9 Å². The largest absolute Gasteiger partial charge is 0.495 e. The van der Waals surface area contributed by atoms with Crippen LogP contribution in [0.15, 0.2) is 42.5 Å². The molecule has 2 aromatic carbocycles. The van der Waals surface area contributed by atoms with Gasteiger partial charge in [0.1, 0.15) is 11.6 Å². The molecular formula is C24H29ClFN3O4S. The van der Waals surface area contributed by atoms with Gasteiger partial charge in [-0.05, 0) is 49.8 Å². The second-order valence-corrected chi connectivity index (χ2v) is 10.7. The fraction of sp³-hybridized carbons (Fsp3) is 0.375. The summed E-state index contributed by atoms with van der Waals surface area (Å²) in [6, 6.07) is 9.54. The summed E-state index contributed by atoms with van der Waals surface area (Å²) >= 11 is 6.15. The molecule has 0 aliphatic carbocycles. The Hall–Kier alpha value is -2.62. The molecule has 1 aliphatic heterocycles. The summed E-state index contributed by atoms with van der Waals surface area (Å²) in [6.07, 6.45) is 4.02. The normalized spacial score (nSPS) is 19.4. The molecule has 2 aromatic rings. The molecule has 0 aromatic heterocycles. The molecule has 0 spiro atoms. The molecule has 3 rings (SSSR count). The highest BCUT2D eigenvalue weighted by molar-refractivity contribution is 7.92. The third-order valence-corrected chi connectivity index (χ3v) is 6.61. The van der Waals surface area contributed by atoms with Gasteiger partial charge in [-0.1, -0.05) is 23.7 Å². The molecule has 7 nitrogen and oxygen atoms in total. The maximum Gasteiger partial charge on any atom is 0.246 e. The highest BCUT2D eigenvalue weighted by atomic mass is 35.5. The first-order valence-corrected chi connectivity index (χ1v) is 13.1. The zero-order valence-electron chi connectivity index (χ0n) is 19.6. The third kappa shape index (κ3) is 6.71. The first-order valence-electron chi connectivity index (χ1n) is 10.8. The van der Waals surface area contributed by atoms with Crippen molar-refractivity contribution in [2.75, 3.05) is 31.2 Å². The fourth-order valence-electron chi connectivity index (χ4n) is 3.96. The van der Waals surface area contributed by atoms with Gasteiger partial charge in [-0.3, -0.25) is 14.4 Å². The van der Waals surface area contributed by atoms with Crippen molar-refractivity contribution in [1.29, 1.82) is 0 Å². The van der Waals surface area contributed by atoms with E-state index in [0.717, 1.165) is 11.8 Å². The van der Waals surface area contributed by atoms with Gasteiger partial charge in [-0.2, -0.15) is 0 Å². The van der Waals surface area contributed by atoms with E-state index in [1.807, 2.05) is 6.92 Å². The summed E-state index contributed by atoms with van der Waals surface area (Å²) in [5, 5.41) is 0.247. The minimum atomic E-state index is -3.55. The number of nitrogens with zero attached hydrogens (tertiary/aromatic N) is 2. The molecule has 10 heteroatoms. The Balaban J connectivity index is 1.74. The monoisotopic (exact) mass is 509 g/mol. The number of nitrogens with one attached hydrogen (secondary N) is 1. The van der Waals surface area contributed by atoms with Crippen molar-refractivity contribution in [2.24, 2.45) is 0 Å². The number of halogens is 2. The first-order chi connectivity index (χ1) is 16.0. The van der Waals surface area contributed by atoms with Crippen LogP contribution >= 0.6 is 11.6 Å². The van der Waals surface area contributed by atoms with Crippen molar-refractivity contribution in [3.05, 3.63) is 64.4 Å². The second kappa shape index (κ2) is 10.8. The van der Waals surface area contributed by atoms with Crippen LogP contribution in [0.5, 0.6) is 5.75 Å². The van der Waals surface area contributed by atoms with E-state index in [1.165, 1.54) is 31.4 Å². The SMILES string of the molecule is COc1cc(/C=C/C(=O)N2C[C@H](C)N(Cc3ccc(F)cc3)C[C@H]2C)c(NS(C)(=O)=O)cc1Cl. The number of carbonyl (C=O) groups excluding carboxylic acids is 1. The third-order valence-electron chi connectivity index (χ3n) is 5.72. The van der Waals surface area contributed by atoms with Crippen molar-refractivity contribution >= 4 is 39.3 Å². The van der Waals surface area contributed by atoms with Gasteiger partial charge in [0.25, 0.3) is 0 Å². The Kier molecular flexibility index (Phi) is 8.22. The minimum absolute atomic E-state index is 0.0397. The molecule has 0 saturated carbocycles. The number of hydrogen-bond acceptors (Lipinski definition) is 5. The zero-order valence-corrected chi connectivity index (χ0v) is 21.2. The summed E-state index contributed by atoms with van der Waals surface area (Å²) in [4.78, 5) is 17.1. The van der Waals surface area contributed by atoms with Gasteiger partial charge in [0, 0.05) is 43.4 Å². The predicted molar refractivity (Wildman–Crippen MR) is 133 cm³/mol. The lowest BCUT2D eigenvalue weighted by molar-refractivity contribution is -0.131. The molecule has 1 heterocycles. The van der Waals surface area contributed by atoms with E-state index in [0.29, 0.717) is 30.9 Å². The predicted octanol–water partition coefficient (Wildman–Crippen LogP) is 3.99. The molecule has 1 amide bonds. The van der Waals surface area contributed by atoms with Crippen LogP contribution in [0.1, 0.15) is 25.0 Å². The van der Waals surface area contributed by atoms with Crippen LogP contribution in [-0.2, 0) is 21.4 Å². The lowest BCUT2D eigenvalue weighted by atomic mass is 10.1. The van der Waals surface area contributed by atoms with Crippen LogP contribution < -0.4 is 9.46 Å². The Morgan fingerprint density at radius 3 is 2.50 bits per heavy atom. The van der Waals surface area contributed by atoms with E-state index in [2.05, 4.69) is 16.5 Å². The van der Waals surface area contributed by atoms with Crippen molar-refractivity contribution < 1.29 is 22.3 Å². The van der Waals surface area contributed by atoms with Gasteiger partial charge in [-0.15, -0.1) is 0 Å². The number of sulfonamides is 1. The molecule has 34 heavy (non-hydrogen) atoms. The van der Waals surface area contributed by atoms with Gasteiger partial charge >= 0.3 is 0 Å². The van der Waals surface area contributed by atoms with Crippen LogP contribution in [0.25, 0.3) is 6.08 Å². The van der Waals surface area contributed by atoms with Crippen LogP contribution in [-0.4, -0.2) is 62.7 Å². The molecule has 1 fully saturated rings. The number of anilines is 1. The van der Waals surface area contributed by atoms with Crippen molar-refractivity contribution in [3.8, 4) is 5.75 Å². The summed E-state index contributed by atoms with van der Waals surface area (Å²) in [6.45, 7) is 5.92. The molecule has 0 bridgehead atoms. The summed E-state index contributed by atoms with van der Waals surface area (Å²) in [5.74, 6) is -0.0789. The van der Waals surface area contributed by atoms with Crippen molar-refractivity contribution in [1.82, 2.24) is 9.80 Å². The molecule has 1 saturated heterocycles. The number of methoxy groups -OCH3 is 1. The van der Waals surface area contributed by atoms with E-state index >= 15 is 0 Å². The Labute approximate surface area is 205 Å². The molecule has 0 unspecified atom stereocenters. The van der Waals surface area contributed by atoms with Gasteiger partial charge < -0.3 is 9.64 Å². The van der Waals surface area contributed by atoms with E-state index in [4.69, 9.17) is 16.3 Å². The number of ether oxygens (including phenoxy) is 1. The number of hydrogen-bond donors (Lipinski definition) is 1. The average molecular weight is 510 g/mol. The van der Waals surface area contributed by atoms with Crippen LogP contribution in [0, 0.1) is 5.82 Å². The van der Waals surface area contributed by atoms with E-state index in [9.17, 15) is 17.6 Å². The Morgan fingerprint density at radius 2 is 1.88 bits per heavy atom. The second-order valence-electron chi connectivity index (χ2n) is 8.53. The average Bonchev–Trinajstić information content (AvgIpc) is 2.75. The fourth-order valence-corrected chi connectivity index (χ4v) is 4.78. The van der Waals surface area contributed by atoms with Crippen molar-refractivity contribution in [2.45, 2.75) is 32.5 Å². The van der Waals surface area contributed by atoms with Gasteiger partial charge in [-0.25, -0.2) is 12.8 Å². The van der Waals surface area contributed by atoms with Crippen molar-refractivity contribution in [3.63, 3.8) is 0 Å². The lowest BCUT2D eigenvalue weighted by Gasteiger charge is -2.44. The molecule has 1 aliphatic rings. The zero-order chi connectivity index (χ0) is 25.0. The summed E-state index contributed by atoms with van der Waals surface area (Å²) in [7, 11) is -2.09. The first kappa shape index (κ1) is 26.0. The smallest absolute Gasteiger partial charge is 0.246 e. The van der Waals surface area contributed by atoms with Crippen LogP contribution in [0.4, 0.5) is 10.1 Å². The lowest BCUT2D eigenvalue weighted by Crippen LogP contribution is -2.57. The number of rotatable bonds is 7. The topological polar surface area (TPSA) is 79.0 Å². The Morgan fingerprint density at radius 1 is 1.21 bits per heavy atom. The van der Waals surface area contributed by atoms with Gasteiger partial charge in [0.15, 0.2) is 0 Å². The molecular weight excluding hydrogens is 481 g/mol. The highest BCUT2D eigenvalue weighted by Gasteiger charge is 2.31. The maximum atomic E-state index is 13.2. The van der Waals surface area contributed by atoms with E-state index < -0.39 is 10.0 Å². The minimum Gasteiger partial charge on any atom is -0.495 e. The highest BCUT2D eigenvalue weighted by Crippen LogP contribution is 2.32. The molecule has 1 N–H and O–H groups in total. The number of carbonyl (C=O) groups is 1. The maximum absolute atomic E-state index is 13.2.